The summed E-state index contributed by atoms with van der Waals surface area (Å²) in [5.41, 5.74) is 0. The highest BCUT2D eigenvalue weighted by Crippen LogP contribution is 1.99. The van der Waals surface area contributed by atoms with Gasteiger partial charge in [-0.3, -0.25) is 0 Å². The van der Waals surface area contributed by atoms with Gasteiger partial charge in [0, 0.05) is 12.4 Å². The van der Waals surface area contributed by atoms with Gasteiger partial charge in [-0.05, 0) is 7.05 Å². The van der Waals surface area contributed by atoms with Gasteiger partial charge in [-0.2, -0.15) is 0 Å². The third kappa shape index (κ3) is 2.80. The fraction of sp³-hybridized carbons (Fsp3) is 0.625. The summed E-state index contributed by atoms with van der Waals surface area (Å²) >= 11 is 0. The Labute approximate surface area is 77.0 Å². The Hall–Kier alpha value is -0.910. The summed E-state index contributed by atoms with van der Waals surface area (Å²) in [6.07, 6.45) is 2.74. The zero-order valence-corrected chi connectivity index (χ0v) is 7.64. The second-order valence-corrected chi connectivity index (χ2v) is 2.86. The van der Waals surface area contributed by atoms with E-state index >= 15 is 0 Å². The number of aromatic nitrogens is 2. The van der Waals surface area contributed by atoms with Gasteiger partial charge >= 0.3 is 0 Å². The predicted molar refractivity (Wildman–Crippen MR) is 48.1 cm³/mol. The van der Waals surface area contributed by atoms with Gasteiger partial charge in [0.25, 0.3) is 0 Å². The highest BCUT2D eigenvalue weighted by Gasteiger charge is 2.06. The van der Waals surface area contributed by atoms with Crippen molar-refractivity contribution in [3.63, 3.8) is 0 Å². The summed E-state index contributed by atoms with van der Waals surface area (Å²) in [5, 5.41) is 20.8. The molecule has 13 heavy (non-hydrogen) atoms. The van der Waals surface area contributed by atoms with Crippen LogP contribution in [-0.4, -0.2) is 39.5 Å². The summed E-state index contributed by atoms with van der Waals surface area (Å²) in [6, 6.07) is 0. The highest BCUT2D eigenvalue weighted by molar-refractivity contribution is 4.92. The Balaban J connectivity index is 2.59. The van der Waals surface area contributed by atoms with Crippen molar-refractivity contribution < 1.29 is 10.2 Å². The molecule has 0 bridgehead atoms. The van der Waals surface area contributed by atoms with Gasteiger partial charge in [0.2, 0.25) is 0 Å². The third-order valence-corrected chi connectivity index (χ3v) is 1.75. The van der Waals surface area contributed by atoms with Crippen molar-refractivity contribution in [3.8, 4) is 0 Å². The molecule has 1 rings (SSSR count). The molecule has 1 atom stereocenters. The Kier molecular flexibility index (Phi) is 3.88. The molecule has 0 amide bonds. The molecule has 1 aromatic heterocycles. The molecule has 1 unspecified atom stereocenters. The van der Waals surface area contributed by atoms with Crippen LogP contribution in [0.2, 0.25) is 0 Å². The first kappa shape index (κ1) is 10.2. The van der Waals surface area contributed by atoms with Gasteiger partial charge in [-0.25, -0.2) is 4.98 Å². The molecular weight excluding hydrogens is 170 g/mol. The minimum Gasteiger partial charge on any atom is -0.394 e. The molecule has 0 aliphatic heterocycles. The summed E-state index contributed by atoms with van der Waals surface area (Å²) in [5.74, 6) is 0.856. The lowest BCUT2D eigenvalue weighted by Crippen LogP contribution is -2.22. The second kappa shape index (κ2) is 4.96. The lowest BCUT2D eigenvalue weighted by molar-refractivity contribution is 0.0804. The normalized spacial score (nSPS) is 13.2. The largest absolute Gasteiger partial charge is 0.394 e. The standard InChI is InChI=1S/C8H15N3O2/c1-9-4-8-10-2-3-11(8)5-7(13)6-12/h2-3,7,9,12-13H,4-6H2,1H3. The van der Waals surface area contributed by atoms with Gasteiger partial charge in [0.15, 0.2) is 0 Å². The number of nitrogens with one attached hydrogen (secondary N) is 1. The smallest absolute Gasteiger partial charge is 0.122 e. The van der Waals surface area contributed by atoms with E-state index in [1.807, 2.05) is 11.6 Å². The number of imidazole rings is 1. The average Bonchev–Trinajstić information content (AvgIpc) is 2.54. The minimum atomic E-state index is -0.718. The Morgan fingerprint density at radius 2 is 2.46 bits per heavy atom. The maximum Gasteiger partial charge on any atom is 0.122 e. The summed E-state index contributed by atoms with van der Waals surface area (Å²) < 4.78 is 1.82. The van der Waals surface area contributed by atoms with Crippen molar-refractivity contribution in [1.29, 1.82) is 0 Å². The lowest BCUT2D eigenvalue weighted by atomic mass is 10.3. The molecule has 1 aromatic rings. The first-order valence-electron chi connectivity index (χ1n) is 4.21. The molecule has 1 heterocycles. The number of nitrogens with zero attached hydrogens (tertiary/aromatic N) is 2. The molecule has 5 nitrogen and oxygen atoms in total. The van der Waals surface area contributed by atoms with Crippen LogP contribution in [0.15, 0.2) is 12.4 Å². The third-order valence-electron chi connectivity index (χ3n) is 1.75. The SMILES string of the molecule is CNCc1nccn1CC(O)CO. The number of hydrogen-bond acceptors (Lipinski definition) is 4. The van der Waals surface area contributed by atoms with Crippen LogP contribution in [0, 0.1) is 0 Å². The molecule has 0 spiro atoms. The van der Waals surface area contributed by atoms with E-state index in [9.17, 15) is 5.11 Å². The summed E-state index contributed by atoms with van der Waals surface area (Å²) in [7, 11) is 1.83. The maximum absolute atomic E-state index is 9.20. The van der Waals surface area contributed by atoms with Gasteiger partial charge in [0.1, 0.15) is 5.82 Å². The highest BCUT2D eigenvalue weighted by atomic mass is 16.3. The molecule has 0 aliphatic carbocycles. The predicted octanol–water partition coefficient (Wildman–Crippen LogP) is -1.04. The van der Waals surface area contributed by atoms with Gasteiger partial charge < -0.3 is 20.1 Å². The van der Waals surface area contributed by atoms with Crippen LogP contribution in [0.3, 0.4) is 0 Å². The van der Waals surface area contributed by atoms with Crippen LogP contribution >= 0.6 is 0 Å². The van der Waals surface area contributed by atoms with Crippen molar-refractivity contribution >= 4 is 0 Å². The van der Waals surface area contributed by atoms with E-state index in [1.165, 1.54) is 0 Å². The van der Waals surface area contributed by atoms with E-state index in [0.29, 0.717) is 13.1 Å². The van der Waals surface area contributed by atoms with Crippen LogP contribution in [-0.2, 0) is 13.1 Å². The average molecular weight is 185 g/mol. The molecule has 0 fully saturated rings. The van der Waals surface area contributed by atoms with Gasteiger partial charge in [-0.1, -0.05) is 0 Å². The van der Waals surface area contributed by atoms with Crippen molar-refractivity contribution in [2.24, 2.45) is 0 Å². The molecule has 0 aliphatic rings. The molecule has 0 radical (unpaired) electrons. The van der Waals surface area contributed by atoms with Crippen molar-refractivity contribution in [2.45, 2.75) is 19.2 Å². The molecule has 0 aromatic carbocycles. The zero-order valence-electron chi connectivity index (χ0n) is 7.64. The monoisotopic (exact) mass is 185 g/mol. The number of aliphatic hydroxyl groups is 2. The molecule has 74 valence electrons. The van der Waals surface area contributed by atoms with Crippen LogP contribution < -0.4 is 5.32 Å². The van der Waals surface area contributed by atoms with Crippen molar-refractivity contribution in [1.82, 2.24) is 14.9 Å². The van der Waals surface area contributed by atoms with Crippen LogP contribution in [0.5, 0.6) is 0 Å². The van der Waals surface area contributed by atoms with E-state index in [-0.39, 0.29) is 6.61 Å². The van der Waals surface area contributed by atoms with E-state index < -0.39 is 6.10 Å². The van der Waals surface area contributed by atoms with E-state index in [1.54, 1.807) is 12.4 Å². The topological polar surface area (TPSA) is 70.3 Å². The number of hydrogen-bond donors (Lipinski definition) is 3. The molecule has 3 N–H and O–H groups in total. The minimum absolute atomic E-state index is 0.225. The molecule has 0 saturated heterocycles. The molecule has 5 heteroatoms. The number of rotatable bonds is 5. The molecular formula is C8H15N3O2. The van der Waals surface area contributed by atoms with Crippen LogP contribution in [0.1, 0.15) is 5.82 Å². The van der Waals surface area contributed by atoms with Crippen LogP contribution in [0.4, 0.5) is 0 Å². The van der Waals surface area contributed by atoms with Crippen LogP contribution in [0.25, 0.3) is 0 Å². The molecule has 0 saturated carbocycles. The Bertz CT molecular complexity index is 249. The van der Waals surface area contributed by atoms with Crippen molar-refractivity contribution in [2.75, 3.05) is 13.7 Å². The van der Waals surface area contributed by atoms with Gasteiger partial charge in [-0.15, -0.1) is 0 Å². The Morgan fingerprint density at radius 1 is 1.69 bits per heavy atom. The first-order valence-corrected chi connectivity index (χ1v) is 4.21. The zero-order chi connectivity index (χ0) is 9.68. The number of aliphatic hydroxyl groups excluding tert-OH is 2. The van der Waals surface area contributed by atoms with E-state index in [2.05, 4.69) is 10.3 Å². The summed E-state index contributed by atoms with van der Waals surface area (Å²) in [4.78, 5) is 4.10. The first-order chi connectivity index (χ1) is 6.27. The maximum atomic E-state index is 9.20. The van der Waals surface area contributed by atoms with E-state index in [4.69, 9.17) is 5.11 Å². The Morgan fingerprint density at radius 3 is 3.08 bits per heavy atom. The fourth-order valence-corrected chi connectivity index (χ4v) is 1.12. The second-order valence-electron chi connectivity index (χ2n) is 2.86. The fourth-order valence-electron chi connectivity index (χ4n) is 1.12. The quantitative estimate of drug-likeness (QED) is 0.548. The van der Waals surface area contributed by atoms with Crippen molar-refractivity contribution in [3.05, 3.63) is 18.2 Å². The summed E-state index contributed by atoms with van der Waals surface area (Å²) in [6.45, 7) is 0.815. The lowest BCUT2D eigenvalue weighted by Gasteiger charge is -2.10. The van der Waals surface area contributed by atoms with Gasteiger partial charge in [0.05, 0.1) is 25.8 Å². The van der Waals surface area contributed by atoms with E-state index in [0.717, 1.165) is 5.82 Å².